The summed E-state index contributed by atoms with van der Waals surface area (Å²) in [6, 6.07) is 24.4. The van der Waals surface area contributed by atoms with Crippen molar-refractivity contribution in [1.29, 1.82) is 0 Å². The Balaban J connectivity index is 2.03. The van der Waals surface area contributed by atoms with Gasteiger partial charge in [-0.25, -0.2) is 0 Å². The van der Waals surface area contributed by atoms with Gasteiger partial charge in [-0.1, -0.05) is 43.8 Å². The second-order valence-electron chi connectivity index (χ2n) is 6.92. The standard InChI is InChI=1S/C26H27NO3/c1-5-25(19(2)20-11-15-23(29-3)16-12-20)27(22-13-17-24(30-4)18-14-22)26(28)21-9-7-6-8-10-21/h6-18,25H,2,5H2,1,3-4H3. The molecular weight excluding hydrogens is 374 g/mol. The van der Waals surface area contributed by atoms with Gasteiger partial charge in [-0.2, -0.15) is 0 Å². The smallest absolute Gasteiger partial charge is 0.258 e. The third kappa shape index (κ3) is 4.54. The van der Waals surface area contributed by atoms with E-state index in [1.165, 1.54) is 0 Å². The first-order valence-corrected chi connectivity index (χ1v) is 9.95. The second kappa shape index (κ2) is 9.79. The number of ether oxygens (including phenoxy) is 2. The van der Waals surface area contributed by atoms with Crippen LogP contribution in [0.4, 0.5) is 5.69 Å². The number of amides is 1. The summed E-state index contributed by atoms with van der Waals surface area (Å²) in [7, 11) is 3.27. The number of anilines is 1. The van der Waals surface area contributed by atoms with Crippen LogP contribution in [-0.4, -0.2) is 26.2 Å². The molecule has 1 amide bonds. The number of carbonyl (C=O) groups is 1. The molecule has 0 aliphatic heterocycles. The van der Waals surface area contributed by atoms with Gasteiger partial charge in [0.05, 0.1) is 20.3 Å². The minimum absolute atomic E-state index is 0.0673. The summed E-state index contributed by atoms with van der Waals surface area (Å²) in [5, 5.41) is 0. The van der Waals surface area contributed by atoms with Crippen LogP contribution >= 0.6 is 0 Å². The lowest BCUT2D eigenvalue weighted by Crippen LogP contribution is -2.41. The molecule has 1 unspecified atom stereocenters. The Kier molecular flexibility index (Phi) is 6.91. The Morgan fingerprint density at radius 1 is 0.833 bits per heavy atom. The molecule has 0 fully saturated rings. The van der Waals surface area contributed by atoms with Gasteiger partial charge in [0, 0.05) is 11.3 Å². The van der Waals surface area contributed by atoms with Crippen LogP contribution in [0, 0.1) is 0 Å². The Morgan fingerprint density at radius 2 is 1.37 bits per heavy atom. The maximum Gasteiger partial charge on any atom is 0.258 e. The Bertz CT molecular complexity index is 979. The molecule has 0 spiro atoms. The van der Waals surface area contributed by atoms with E-state index in [-0.39, 0.29) is 11.9 Å². The van der Waals surface area contributed by atoms with Crippen molar-refractivity contribution in [3.8, 4) is 11.5 Å². The van der Waals surface area contributed by atoms with E-state index in [2.05, 4.69) is 13.5 Å². The van der Waals surface area contributed by atoms with Crippen LogP contribution in [0.25, 0.3) is 5.57 Å². The number of hydrogen-bond acceptors (Lipinski definition) is 3. The van der Waals surface area contributed by atoms with Crippen molar-refractivity contribution in [3.05, 3.63) is 96.6 Å². The van der Waals surface area contributed by atoms with E-state index in [1.807, 2.05) is 83.8 Å². The van der Waals surface area contributed by atoms with Crippen molar-refractivity contribution < 1.29 is 14.3 Å². The van der Waals surface area contributed by atoms with Crippen LogP contribution in [0.2, 0.25) is 0 Å². The molecule has 0 radical (unpaired) electrons. The number of carbonyl (C=O) groups excluding carboxylic acids is 1. The molecule has 0 aliphatic carbocycles. The molecule has 3 aromatic rings. The molecule has 0 saturated carbocycles. The van der Waals surface area contributed by atoms with E-state index >= 15 is 0 Å². The van der Waals surface area contributed by atoms with Gasteiger partial charge in [-0.15, -0.1) is 0 Å². The van der Waals surface area contributed by atoms with Gasteiger partial charge < -0.3 is 14.4 Å². The van der Waals surface area contributed by atoms with Crippen LogP contribution in [0.3, 0.4) is 0 Å². The highest BCUT2D eigenvalue weighted by atomic mass is 16.5. The minimum atomic E-state index is -0.209. The number of benzene rings is 3. The first-order valence-electron chi connectivity index (χ1n) is 9.95. The van der Waals surface area contributed by atoms with Gasteiger partial charge in [0.15, 0.2) is 0 Å². The zero-order chi connectivity index (χ0) is 21.5. The molecule has 0 heterocycles. The summed E-state index contributed by atoms with van der Waals surface area (Å²) in [5.74, 6) is 1.46. The van der Waals surface area contributed by atoms with Crippen molar-refractivity contribution in [2.75, 3.05) is 19.1 Å². The van der Waals surface area contributed by atoms with Crippen LogP contribution in [-0.2, 0) is 0 Å². The molecular formula is C26H27NO3. The van der Waals surface area contributed by atoms with Crippen molar-refractivity contribution in [2.24, 2.45) is 0 Å². The van der Waals surface area contributed by atoms with Gasteiger partial charge in [-0.05, 0) is 66.1 Å². The lowest BCUT2D eigenvalue weighted by molar-refractivity contribution is 0.0981. The largest absolute Gasteiger partial charge is 0.497 e. The topological polar surface area (TPSA) is 38.8 Å². The fourth-order valence-corrected chi connectivity index (χ4v) is 3.48. The SMILES string of the molecule is C=C(c1ccc(OC)cc1)C(CC)N(C(=O)c1ccccc1)c1ccc(OC)cc1. The molecule has 0 aromatic heterocycles. The Labute approximate surface area is 178 Å². The van der Waals surface area contributed by atoms with Crippen LogP contribution in [0.15, 0.2) is 85.4 Å². The quantitative estimate of drug-likeness (QED) is 0.476. The first-order chi connectivity index (χ1) is 14.6. The van der Waals surface area contributed by atoms with Crippen LogP contribution < -0.4 is 14.4 Å². The number of hydrogen-bond donors (Lipinski definition) is 0. The molecule has 0 saturated heterocycles. The molecule has 4 nitrogen and oxygen atoms in total. The highest BCUT2D eigenvalue weighted by Crippen LogP contribution is 2.31. The van der Waals surface area contributed by atoms with E-state index in [1.54, 1.807) is 14.2 Å². The second-order valence-corrected chi connectivity index (χ2v) is 6.92. The zero-order valence-electron chi connectivity index (χ0n) is 17.7. The predicted octanol–water partition coefficient (Wildman–Crippen LogP) is 5.84. The molecule has 0 aliphatic rings. The maximum absolute atomic E-state index is 13.6. The Morgan fingerprint density at radius 3 is 1.87 bits per heavy atom. The lowest BCUT2D eigenvalue weighted by Gasteiger charge is -2.33. The molecule has 0 N–H and O–H groups in total. The highest BCUT2D eigenvalue weighted by Gasteiger charge is 2.28. The average molecular weight is 402 g/mol. The fourth-order valence-electron chi connectivity index (χ4n) is 3.48. The van der Waals surface area contributed by atoms with Gasteiger partial charge in [0.25, 0.3) is 5.91 Å². The van der Waals surface area contributed by atoms with Gasteiger partial charge in [0.2, 0.25) is 0 Å². The Hall–Kier alpha value is -3.53. The van der Waals surface area contributed by atoms with Gasteiger partial charge in [0.1, 0.15) is 11.5 Å². The summed E-state index contributed by atoms with van der Waals surface area (Å²) in [5.41, 5.74) is 3.28. The summed E-state index contributed by atoms with van der Waals surface area (Å²) in [6.07, 6.45) is 0.718. The number of rotatable bonds is 8. The summed E-state index contributed by atoms with van der Waals surface area (Å²) >= 11 is 0. The average Bonchev–Trinajstić information content (AvgIpc) is 2.82. The first kappa shape index (κ1) is 21.2. The van der Waals surface area contributed by atoms with E-state index in [0.717, 1.165) is 34.7 Å². The van der Waals surface area contributed by atoms with Crippen LogP contribution in [0.5, 0.6) is 11.5 Å². The van der Waals surface area contributed by atoms with Gasteiger partial charge >= 0.3 is 0 Å². The lowest BCUT2D eigenvalue weighted by atomic mass is 9.95. The van der Waals surface area contributed by atoms with E-state index < -0.39 is 0 Å². The normalized spacial score (nSPS) is 11.4. The van der Waals surface area contributed by atoms with Gasteiger partial charge in [-0.3, -0.25) is 4.79 Å². The summed E-state index contributed by atoms with van der Waals surface area (Å²) < 4.78 is 10.6. The fraction of sp³-hybridized carbons (Fsp3) is 0.192. The molecule has 30 heavy (non-hydrogen) atoms. The third-order valence-corrected chi connectivity index (χ3v) is 5.15. The molecule has 1 atom stereocenters. The molecule has 4 heteroatoms. The summed E-state index contributed by atoms with van der Waals surface area (Å²) in [6.45, 7) is 6.41. The number of nitrogens with zero attached hydrogens (tertiary/aromatic N) is 1. The molecule has 154 valence electrons. The zero-order valence-corrected chi connectivity index (χ0v) is 17.7. The summed E-state index contributed by atoms with van der Waals surface area (Å²) in [4.78, 5) is 15.4. The van der Waals surface area contributed by atoms with Crippen molar-refractivity contribution in [3.63, 3.8) is 0 Å². The predicted molar refractivity (Wildman–Crippen MR) is 122 cm³/mol. The van der Waals surface area contributed by atoms with E-state index in [9.17, 15) is 4.79 Å². The maximum atomic E-state index is 13.6. The monoisotopic (exact) mass is 401 g/mol. The number of methoxy groups -OCH3 is 2. The molecule has 3 aromatic carbocycles. The van der Waals surface area contributed by atoms with E-state index in [0.29, 0.717) is 5.56 Å². The minimum Gasteiger partial charge on any atom is -0.497 e. The van der Waals surface area contributed by atoms with E-state index in [4.69, 9.17) is 9.47 Å². The van der Waals surface area contributed by atoms with Crippen LogP contribution in [0.1, 0.15) is 29.3 Å². The molecule has 0 bridgehead atoms. The highest BCUT2D eigenvalue weighted by molar-refractivity contribution is 6.08. The van der Waals surface area contributed by atoms with Crippen molar-refractivity contribution in [1.82, 2.24) is 0 Å². The molecule has 3 rings (SSSR count). The third-order valence-electron chi connectivity index (χ3n) is 5.15. The van der Waals surface area contributed by atoms with Crippen molar-refractivity contribution in [2.45, 2.75) is 19.4 Å². The van der Waals surface area contributed by atoms with Crippen molar-refractivity contribution >= 4 is 17.2 Å².